The van der Waals surface area contributed by atoms with Crippen LogP contribution in [-0.2, 0) is 0 Å². The summed E-state index contributed by atoms with van der Waals surface area (Å²) in [6, 6.07) is 7.76. The molecule has 0 fully saturated rings. The van der Waals surface area contributed by atoms with Crippen molar-refractivity contribution in [2.75, 3.05) is 5.73 Å². The second-order valence-electron chi connectivity index (χ2n) is 4.66. The van der Waals surface area contributed by atoms with Crippen molar-refractivity contribution >= 4 is 46.3 Å². The first-order valence-electron chi connectivity index (χ1n) is 6.45. The standard InChI is InChI=1S/C14H17AsBrN3O2/c1-8(20)9(2)21-13-12(16)7-18-14(19-13)15-10-3-5-11(17)6-4-10/h3-9,15,20H,17H2,1-2H3/t8-,9-/m1/s1. The molecule has 2 aromatic rings. The molecule has 0 aliphatic carbocycles. The van der Waals surface area contributed by atoms with Gasteiger partial charge in [-0.2, -0.15) is 0 Å². The number of benzene rings is 1. The number of ether oxygens (including phenoxy) is 1. The Balaban J connectivity index is 2.16. The molecule has 21 heavy (non-hydrogen) atoms. The van der Waals surface area contributed by atoms with Gasteiger partial charge in [0.1, 0.15) is 0 Å². The van der Waals surface area contributed by atoms with Crippen LogP contribution >= 0.6 is 15.9 Å². The molecule has 7 heteroatoms. The molecule has 0 saturated heterocycles. The van der Waals surface area contributed by atoms with E-state index >= 15 is 0 Å². The van der Waals surface area contributed by atoms with Gasteiger partial charge in [-0.25, -0.2) is 0 Å². The van der Waals surface area contributed by atoms with E-state index in [9.17, 15) is 5.11 Å². The molecule has 0 spiro atoms. The number of aliphatic hydroxyl groups excluding tert-OH is 1. The van der Waals surface area contributed by atoms with Crippen LogP contribution in [0.25, 0.3) is 0 Å². The predicted molar refractivity (Wildman–Crippen MR) is 88.8 cm³/mol. The van der Waals surface area contributed by atoms with Crippen molar-refractivity contribution < 1.29 is 9.84 Å². The van der Waals surface area contributed by atoms with Crippen LogP contribution in [0.4, 0.5) is 5.69 Å². The molecule has 1 aromatic carbocycles. The van der Waals surface area contributed by atoms with E-state index in [0.29, 0.717) is 10.4 Å². The maximum atomic E-state index is 9.52. The Kier molecular flexibility index (Phi) is 5.62. The van der Waals surface area contributed by atoms with Gasteiger partial charge in [0.15, 0.2) is 0 Å². The monoisotopic (exact) mass is 413 g/mol. The molecule has 1 heterocycles. The number of nitrogen functional groups attached to an aromatic ring is 1. The molecule has 0 saturated carbocycles. The number of aliphatic hydroxyl groups is 1. The number of halogens is 1. The van der Waals surface area contributed by atoms with Crippen molar-refractivity contribution in [1.29, 1.82) is 0 Å². The summed E-state index contributed by atoms with van der Waals surface area (Å²) >= 11 is 2.72. The van der Waals surface area contributed by atoms with Crippen molar-refractivity contribution in [1.82, 2.24) is 9.97 Å². The summed E-state index contributed by atoms with van der Waals surface area (Å²) in [5.41, 5.74) is 6.43. The number of nitrogens with two attached hydrogens (primary N) is 1. The zero-order chi connectivity index (χ0) is 15.4. The van der Waals surface area contributed by atoms with Crippen molar-refractivity contribution in [2.45, 2.75) is 26.1 Å². The molecule has 0 radical (unpaired) electrons. The Labute approximate surface area is 138 Å². The van der Waals surface area contributed by atoms with Gasteiger partial charge in [0.25, 0.3) is 0 Å². The van der Waals surface area contributed by atoms with E-state index in [4.69, 9.17) is 10.5 Å². The van der Waals surface area contributed by atoms with Crippen LogP contribution in [0.3, 0.4) is 0 Å². The summed E-state index contributed by atoms with van der Waals surface area (Å²) in [7, 11) is 0. The van der Waals surface area contributed by atoms with Crippen LogP contribution in [0.5, 0.6) is 5.88 Å². The van der Waals surface area contributed by atoms with E-state index in [1.54, 1.807) is 20.0 Å². The fourth-order valence-electron chi connectivity index (χ4n) is 1.46. The van der Waals surface area contributed by atoms with E-state index in [0.717, 1.165) is 10.3 Å². The summed E-state index contributed by atoms with van der Waals surface area (Å²) in [4.78, 5) is 8.78. The van der Waals surface area contributed by atoms with Gasteiger partial charge in [-0.05, 0) is 0 Å². The van der Waals surface area contributed by atoms with E-state index in [1.807, 2.05) is 24.3 Å². The normalized spacial score (nSPS) is 14.3. The third-order valence-corrected chi connectivity index (χ3v) is 5.68. The van der Waals surface area contributed by atoms with Crippen molar-refractivity contribution in [2.24, 2.45) is 0 Å². The van der Waals surface area contributed by atoms with Crippen LogP contribution in [0.2, 0.25) is 0 Å². The van der Waals surface area contributed by atoms with Gasteiger partial charge in [-0.1, -0.05) is 0 Å². The van der Waals surface area contributed by atoms with Crippen LogP contribution in [-0.4, -0.2) is 43.0 Å². The first-order valence-corrected chi connectivity index (χ1v) is 9.34. The van der Waals surface area contributed by atoms with Gasteiger partial charge >= 0.3 is 139 Å². The first-order chi connectivity index (χ1) is 9.95. The molecule has 0 aliphatic rings. The van der Waals surface area contributed by atoms with Gasteiger partial charge in [-0.15, -0.1) is 0 Å². The van der Waals surface area contributed by atoms with Gasteiger partial charge in [-0.3, -0.25) is 0 Å². The van der Waals surface area contributed by atoms with Gasteiger partial charge in [0.2, 0.25) is 0 Å². The number of nitrogens with zero attached hydrogens (tertiary/aromatic N) is 2. The maximum absolute atomic E-state index is 9.52. The second-order valence-corrected chi connectivity index (χ2v) is 8.19. The summed E-state index contributed by atoms with van der Waals surface area (Å²) in [6.07, 6.45) is 0.789. The summed E-state index contributed by atoms with van der Waals surface area (Å²) in [5.74, 6) is 0.465. The minimum absolute atomic E-state index is 0.333. The summed E-state index contributed by atoms with van der Waals surface area (Å²) < 4.78 is 8.31. The van der Waals surface area contributed by atoms with E-state index < -0.39 is 21.9 Å². The van der Waals surface area contributed by atoms with E-state index in [1.165, 1.54) is 4.35 Å². The molecule has 2 rings (SSSR count). The summed E-state index contributed by atoms with van der Waals surface area (Å²) in [5, 5.41) is 9.52. The summed E-state index contributed by atoms with van der Waals surface area (Å²) in [6.45, 7) is 3.48. The van der Waals surface area contributed by atoms with Crippen LogP contribution in [0.15, 0.2) is 34.9 Å². The second kappa shape index (κ2) is 7.25. The molecule has 0 amide bonds. The number of hydrogen-bond donors (Lipinski definition) is 2. The molecular weight excluding hydrogens is 397 g/mol. The average Bonchev–Trinajstić information content (AvgIpc) is 2.45. The molecule has 3 N–H and O–H groups in total. The predicted octanol–water partition coefficient (Wildman–Crippen LogP) is 0.357. The minimum atomic E-state index is -0.645. The molecule has 0 aliphatic heterocycles. The first kappa shape index (κ1) is 16.3. The molecule has 112 valence electrons. The molecular formula is C14H17AsBrN3O2. The molecule has 3 atom stereocenters. The van der Waals surface area contributed by atoms with Gasteiger partial charge in [0.05, 0.1) is 0 Å². The Morgan fingerprint density at radius 2 is 1.95 bits per heavy atom. The number of anilines is 1. The number of rotatable bonds is 5. The van der Waals surface area contributed by atoms with Gasteiger partial charge in [0, 0.05) is 0 Å². The molecule has 5 nitrogen and oxygen atoms in total. The van der Waals surface area contributed by atoms with Crippen molar-refractivity contribution in [3.8, 4) is 5.88 Å². The van der Waals surface area contributed by atoms with Crippen LogP contribution < -0.4 is 19.4 Å². The van der Waals surface area contributed by atoms with E-state index in [2.05, 4.69) is 25.9 Å². The zero-order valence-electron chi connectivity index (χ0n) is 11.7. The fraction of sp³-hybridized carbons (Fsp3) is 0.286. The zero-order valence-corrected chi connectivity index (χ0v) is 15.4. The Morgan fingerprint density at radius 3 is 2.57 bits per heavy atom. The van der Waals surface area contributed by atoms with Gasteiger partial charge < -0.3 is 0 Å². The molecule has 1 unspecified atom stereocenters. The Bertz CT molecular complexity index is 608. The van der Waals surface area contributed by atoms with E-state index in [-0.39, 0.29) is 6.10 Å². The number of hydrogen-bond acceptors (Lipinski definition) is 5. The van der Waals surface area contributed by atoms with Crippen LogP contribution in [0.1, 0.15) is 13.8 Å². The third-order valence-electron chi connectivity index (χ3n) is 2.86. The van der Waals surface area contributed by atoms with Crippen molar-refractivity contribution in [3.63, 3.8) is 0 Å². The third kappa shape index (κ3) is 4.70. The molecule has 0 bridgehead atoms. The average molecular weight is 414 g/mol. The topological polar surface area (TPSA) is 81.3 Å². The Morgan fingerprint density at radius 1 is 1.29 bits per heavy atom. The SMILES string of the molecule is C[C@@H](O)[C@@H](C)Oc1nc([AsH]c2ccc(N)cc2)ncc1Br. The van der Waals surface area contributed by atoms with Crippen molar-refractivity contribution in [3.05, 3.63) is 34.9 Å². The number of aromatic nitrogens is 2. The quantitative estimate of drug-likeness (QED) is 0.546. The fourth-order valence-corrected chi connectivity index (χ4v) is 3.59. The molecule has 1 aromatic heterocycles. The van der Waals surface area contributed by atoms with Crippen LogP contribution in [0, 0.1) is 0 Å². The Hall–Kier alpha value is -1.10.